The Bertz CT molecular complexity index is 949. The topological polar surface area (TPSA) is 84.5 Å². The van der Waals surface area contributed by atoms with E-state index in [1.165, 1.54) is 19.1 Å². The zero-order valence-electron chi connectivity index (χ0n) is 14.0. The zero-order chi connectivity index (χ0) is 19.0. The molecular formula is C18H17FN2O4S. The molecular weight excluding hydrogens is 359 g/mol. The number of ether oxygens (including phenoxy) is 1. The van der Waals surface area contributed by atoms with Crippen LogP contribution in [-0.2, 0) is 14.8 Å². The lowest BCUT2D eigenvalue weighted by molar-refractivity contribution is -0.114. The van der Waals surface area contributed by atoms with Gasteiger partial charge in [0.2, 0.25) is 15.9 Å². The van der Waals surface area contributed by atoms with Crippen molar-refractivity contribution in [3.05, 3.63) is 54.3 Å². The van der Waals surface area contributed by atoms with Crippen LogP contribution in [0.25, 0.3) is 0 Å². The van der Waals surface area contributed by atoms with Crippen molar-refractivity contribution in [3.63, 3.8) is 0 Å². The molecule has 0 aromatic heterocycles. The summed E-state index contributed by atoms with van der Waals surface area (Å²) in [6, 6.07) is 11.5. The van der Waals surface area contributed by atoms with Crippen LogP contribution in [0.1, 0.15) is 6.92 Å². The smallest absolute Gasteiger partial charge is 0.241 e. The largest absolute Gasteiger partial charge is 0.481 e. The first-order chi connectivity index (χ1) is 12.4. The third-order valence-electron chi connectivity index (χ3n) is 3.05. The van der Waals surface area contributed by atoms with E-state index in [2.05, 4.69) is 21.9 Å². The van der Waals surface area contributed by atoms with Gasteiger partial charge >= 0.3 is 0 Å². The predicted octanol–water partition coefficient (Wildman–Crippen LogP) is 2.14. The number of halogens is 1. The number of hydrogen-bond donors (Lipinski definition) is 2. The minimum absolute atomic E-state index is 0.0468. The number of sulfonamides is 1. The third-order valence-corrected chi connectivity index (χ3v) is 4.45. The van der Waals surface area contributed by atoms with E-state index in [0.717, 1.165) is 12.1 Å². The van der Waals surface area contributed by atoms with Crippen LogP contribution in [0.15, 0.2) is 53.4 Å². The third kappa shape index (κ3) is 6.20. The fourth-order valence-corrected chi connectivity index (χ4v) is 2.90. The highest BCUT2D eigenvalue weighted by Gasteiger charge is 2.12. The van der Waals surface area contributed by atoms with Gasteiger partial charge in [-0.2, -0.15) is 4.72 Å². The van der Waals surface area contributed by atoms with Crippen LogP contribution in [0.2, 0.25) is 0 Å². The average molecular weight is 376 g/mol. The molecule has 26 heavy (non-hydrogen) atoms. The minimum Gasteiger partial charge on any atom is -0.481 e. The molecule has 2 N–H and O–H groups in total. The molecule has 0 saturated heterocycles. The lowest BCUT2D eigenvalue weighted by Gasteiger charge is -2.05. The van der Waals surface area contributed by atoms with Gasteiger partial charge in [0, 0.05) is 18.7 Å². The van der Waals surface area contributed by atoms with E-state index >= 15 is 0 Å². The van der Waals surface area contributed by atoms with Gasteiger partial charge in [0.1, 0.15) is 18.2 Å². The maximum absolute atomic E-state index is 13.1. The highest BCUT2D eigenvalue weighted by Crippen LogP contribution is 2.17. The second-order valence-corrected chi connectivity index (χ2v) is 6.90. The molecule has 2 aromatic rings. The Kier molecular flexibility index (Phi) is 6.72. The van der Waals surface area contributed by atoms with Crippen LogP contribution < -0.4 is 14.8 Å². The Morgan fingerprint density at radius 1 is 1.15 bits per heavy atom. The van der Waals surface area contributed by atoms with Gasteiger partial charge in [0.25, 0.3) is 0 Å². The molecule has 0 atom stereocenters. The van der Waals surface area contributed by atoms with Crippen molar-refractivity contribution < 1.29 is 22.3 Å². The van der Waals surface area contributed by atoms with Crippen LogP contribution in [0.4, 0.5) is 10.1 Å². The summed E-state index contributed by atoms with van der Waals surface area (Å²) in [6.07, 6.45) is 0. The molecule has 0 aliphatic rings. The molecule has 2 aromatic carbocycles. The minimum atomic E-state index is -3.81. The Hall–Kier alpha value is -2.89. The summed E-state index contributed by atoms with van der Waals surface area (Å²) in [6.45, 7) is 1.32. The molecule has 0 aliphatic carbocycles. The number of benzene rings is 2. The van der Waals surface area contributed by atoms with Gasteiger partial charge < -0.3 is 10.1 Å². The summed E-state index contributed by atoms with van der Waals surface area (Å²) in [4.78, 5) is 10.8. The highest BCUT2D eigenvalue weighted by molar-refractivity contribution is 7.89. The van der Waals surface area contributed by atoms with Gasteiger partial charge in [-0.05, 0) is 30.3 Å². The van der Waals surface area contributed by atoms with Crippen molar-refractivity contribution in [1.82, 2.24) is 4.72 Å². The van der Waals surface area contributed by atoms with Crippen molar-refractivity contribution >= 4 is 21.6 Å². The fourth-order valence-electron chi connectivity index (χ4n) is 1.95. The first kappa shape index (κ1) is 19.4. The molecule has 0 aliphatic heterocycles. The molecule has 0 unspecified atom stereocenters. The van der Waals surface area contributed by atoms with E-state index in [9.17, 15) is 17.6 Å². The number of amides is 1. The second-order valence-electron chi connectivity index (χ2n) is 5.13. The molecule has 0 bridgehead atoms. The first-order valence-corrected chi connectivity index (χ1v) is 9.06. The SMILES string of the molecule is CC(=O)Nc1cccc(OCC#CCNS(=O)(=O)c2cccc(F)c2)c1. The standard InChI is InChI=1S/C18H17FN2O4S/c1-14(22)21-16-7-5-8-17(13-16)25-11-3-2-10-20-26(23,24)18-9-4-6-15(19)12-18/h4-9,12-13,20H,10-11H2,1H3,(H,21,22). The molecule has 0 spiro atoms. The Labute approximate surface area is 151 Å². The van der Waals surface area contributed by atoms with Crippen molar-refractivity contribution in [2.75, 3.05) is 18.5 Å². The van der Waals surface area contributed by atoms with Gasteiger partial charge in [-0.25, -0.2) is 12.8 Å². The molecule has 0 saturated carbocycles. The highest BCUT2D eigenvalue weighted by atomic mass is 32.2. The molecule has 0 fully saturated rings. The van der Waals surface area contributed by atoms with Crippen molar-refractivity contribution in [2.24, 2.45) is 0 Å². The lowest BCUT2D eigenvalue weighted by atomic mass is 10.3. The van der Waals surface area contributed by atoms with Crippen molar-refractivity contribution in [1.29, 1.82) is 0 Å². The maximum atomic E-state index is 13.1. The average Bonchev–Trinajstić information content (AvgIpc) is 2.58. The van der Waals surface area contributed by atoms with E-state index < -0.39 is 15.8 Å². The van der Waals surface area contributed by atoms with Gasteiger partial charge in [-0.3, -0.25) is 4.79 Å². The molecule has 6 nitrogen and oxygen atoms in total. The quantitative estimate of drug-likeness (QED) is 0.757. The van der Waals surface area contributed by atoms with E-state index in [1.54, 1.807) is 24.3 Å². The summed E-state index contributed by atoms with van der Waals surface area (Å²) in [5, 5.41) is 2.63. The number of anilines is 1. The first-order valence-electron chi connectivity index (χ1n) is 7.58. The zero-order valence-corrected chi connectivity index (χ0v) is 14.8. The summed E-state index contributed by atoms with van der Waals surface area (Å²) in [5.41, 5.74) is 0.603. The molecule has 8 heteroatoms. The van der Waals surface area contributed by atoms with E-state index in [-0.39, 0.29) is 24.0 Å². The number of carbonyl (C=O) groups excluding carboxylic acids is 1. The molecule has 1 amide bonds. The van der Waals surface area contributed by atoms with Crippen LogP contribution in [0.3, 0.4) is 0 Å². The van der Waals surface area contributed by atoms with Crippen LogP contribution in [-0.4, -0.2) is 27.5 Å². The summed E-state index contributed by atoms with van der Waals surface area (Å²) in [5.74, 6) is 4.98. The van der Waals surface area contributed by atoms with E-state index in [4.69, 9.17) is 4.74 Å². The lowest BCUT2D eigenvalue weighted by Crippen LogP contribution is -2.24. The van der Waals surface area contributed by atoms with Gasteiger partial charge in [-0.15, -0.1) is 0 Å². The maximum Gasteiger partial charge on any atom is 0.241 e. The number of rotatable bonds is 6. The number of carbonyl (C=O) groups is 1. The molecule has 0 radical (unpaired) electrons. The monoisotopic (exact) mass is 376 g/mol. The molecule has 136 valence electrons. The van der Waals surface area contributed by atoms with Crippen LogP contribution in [0.5, 0.6) is 5.75 Å². The van der Waals surface area contributed by atoms with E-state index in [0.29, 0.717) is 11.4 Å². The second kappa shape index (κ2) is 8.99. The summed E-state index contributed by atoms with van der Waals surface area (Å²) < 4.78 is 44.7. The number of hydrogen-bond acceptors (Lipinski definition) is 4. The normalized spacial score (nSPS) is 10.5. The fraction of sp³-hybridized carbons (Fsp3) is 0.167. The van der Waals surface area contributed by atoms with Crippen LogP contribution in [0, 0.1) is 17.7 Å². The Morgan fingerprint density at radius 3 is 2.65 bits per heavy atom. The van der Waals surface area contributed by atoms with Crippen LogP contribution >= 0.6 is 0 Å². The molecule has 2 rings (SSSR count). The van der Waals surface area contributed by atoms with Gasteiger partial charge in [-0.1, -0.05) is 24.0 Å². The van der Waals surface area contributed by atoms with E-state index in [1.807, 2.05) is 0 Å². The van der Waals surface area contributed by atoms with Gasteiger partial charge in [0.15, 0.2) is 0 Å². The van der Waals surface area contributed by atoms with Crippen molar-refractivity contribution in [3.8, 4) is 17.6 Å². The predicted molar refractivity (Wildman–Crippen MR) is 95.6 cm³/mol. The van der Waals surface area contributed by atoms with Gasteiger partial charge in [0.05, 0.1) is 11.4 Å². The Balaban J connectivity index is 1.83. The Morgan fingerprint density at radius 2 is 1.92 bits per heavy atom. The number of nitrogens with one attached hydrogen (secondary N) is 2. The molecule has 0 heterocycles. The van der Waals surface area contributed by atoms with Crippen molar-refractivity contribution in [2.45, 2.75) is 11.8 Å². The summed E-state index contributed by atoms with van der Waals surface area (Å²) in [7, 11) is -3.81. The summed E-state index contributed by atoms with van der Waals surface area (Å²) >= 11 is 0.